The number of hydrogen-bond donors (Lipinski definition) is 0. The molecular formula is C21H19F. The molecule has 0 nitrogen and oxygen atoms in total. The Morgan fingerprint density at radius 2 is 1.32 bits per heavy atom. The fourth-order valence-electron chi connectivity index (χ4n) is 2.07. The van der Waals surface area contributed by atoms with Gasteiger partial charge < -0.3 is 0 Å². The molecule has 0 saturated carbocycles. The molecular weight excluding hydrogens is 271 g/mol. The molecule has 0 heterocycles. The summed E-state index contributed by atoms with van der Waals surface area (Å²) in [5.74, 6) is 11.3. The van der Waals surface area contributed by atoms with Gasteiger partial charge in [-0.15, -0.1) is 0 Å². The highest BCUT2D eigenvalue weighted by Gasteiger charge is 1.93. The molecule has 0 aliphatic rings. The summed E-state index contributed by atoms with van der Waals surface area (Å²) in [6.07, 6.45) is 4.90. The fourth-order valence-corrected chi connectivity index (χ4v) is 2.07. The van der Waals surface area contributed by atoms with Crippen molar-refractivity contribution >= 4 is 0 Å². The van der Waals surface area contributed by atoms with Crippen LogP contribution in [0.2, 0.25) is 0 Å². The van der Waals surface area contributed by atoms with E-state index in [2.05, 4.69) is 42.7 Å². The van der Waals surface area contributed by atoms with Crippen LogP contribution >= 0.6 is 0 Å². The molecule has 0 spiro atoms. The normalized spacial score (nSPS) is 9.36. The second-order valence-electron chi connectivity index (χ2n) is 5.16. The minimum absolute atomic E-state index is 0.254. The molecule has 0 fully saturated rings. The summed E-state index contributed by atoms with van der Waals surface area (Å²) >= 11 is 0. The Balaban J connectivity index is 1.93. The highest BCUT2D eigenvalue weighted by atomic mass is 19.1. The largest absolute Gasteiger partial charge is 0.207 e. The summed E-state index contributed by atoms with van der Waals surface area (Å²) in [6.45, 7) is 2.21. The number of unbranched alkanes of at least 4 members (excludes halogenated alkanes) is 2. The van der Waals surface area contributed by atoms with Gasteiger partial charge in [0.15, 0.2) is 0 Å². The molecule has 2 aromatic carbocycles. The van der Waals surface area contributed by atoms with Gasteiger partial charge in [-0.1, -0.05) is 43.7 Å². The zero-order valence-corrected chi connectivity index (χ0v) is 12.8. The molecule has 0 unspecified atom stereocenters. The molecule has 0 N–H and O–H groups in total. The summed E-state index contributed by atoms with van der Waals surface area (Å²) in [4.78, 5) is 0. The molecule has 0 amide bonds. The molecule has 110 valence electrons. The van der Waals surface area contributed by atoms with Crippen molar-refractivity contribution in [3.8, 4) is 23.7 Å². The van der Waals surface area contributed by atoms with Crippen LogP contribution in [0.25, 0.3) is 0 Å². The third-order valence-corrected chi connectivity index (χ3v) is 3.34. The van der Waals surface area contributed by atoms with Gasteiger partial charge in [-0.05, 0) is 66.6 Å². The Kier molecular flexibility index (Phi) is 6.28. The predicted octanol–water partition coefficient (Wildman–Crippen LogP) is 4.96. The average Bonchev–Trinajstić information content (AvgIpc) is 2.55. The maximum Gasteiger partial charge on any atom is 0.123 e. The van der Waals surface area contributed by atoms with Crippen molar-refractivity contribution in [2.45, 2.75) is 32.6 Å². The van der Waals surface area contributed by atoms with Crippen LogP contribution in [-0.4, -0.2) is 0 Å². The zero-order valence-electron chi connectivity index (χ0n) is 12.8. The molecule has 0 atom stereocenters. The van der Waals surface area contributed by atoms with Gasteiger partial charge in [-0.25, -0.2) is 4.39 Å². The second-order valence-corrected chi connectivity index (χ2v) is 5.16. The van der Waals surface area contributed by atoms with Crippen LogP contribution in [0, 0.1) is 29.5 Å². The molecule has 2 aromatic rings. The Morgan fingerprint density at radius 3 is 1.86 bits per heavy atom. The average molecular weight is 290 g/mol. The quantitative estimate of drug-likeness (QED) is 0.551. The summed E-state index contributed by atoms with van der Waals surface area (Å²) in [6, 6.07) is 14.4. The van der Waals surface area contributed by atoms with Gasteiger partial charge in [0.25, 0.3) is 0 Å². The van der Waals surface area contributed by atoms with E-state index < -0.39 is 0 Å². The van der Waals surface area contributed by atoms with Gasteiger partial charge in [-0.3, -0.25) is 0 Å². The molecule has 2 rings (SSSR count). The lowest BCUT2D eigenvalue weighted by Gasteiger charge is -2.00. The number of rotatable bonds is 4. The third-order valence-electron chi connectivity index (χ3n) is 3.34. The van der Waals surface area contributed by atoms with Crippen LogP contribution in [-0.2, 0) is 6.42 Å². The van der Waals surface area contributed by atoms with Gasteiger partial charge in [0.2, 0.25) is 0 Å². The predicted molar refractivity (Wildman–Crippen MR) is 89.8 cm³/mol. The van der Waals surface area contributed by atoms with Crippen LogP contribution in [0.5, 0.6) is 0 Å². The summed E-state index contributed by atoms with van der Waals surface area (Å²) in [5.41, 5.74) is 3.09. The van der Waals surface area contributed by atoms with Gasteiger partial charge in [0, 0.05) is 11.1 Å². The fraction of sp³-hybridized carbons (Fsp3) is 0.238. The number of benzene rings is 2. The van der Waals surface area contributed by atoms with Crippen molar-refractivity contribution in [2.24, 2.45) is 0 Å². The number of halogens is 1. The molecule has 0 radical (unpaired) electrons. The first-order valence-corrected chi connectivity index (χ1v) is 7.64. The van der Waals surface area contributed by atoms with Crippen molar-refractivity contribution in [1.29, 1.82) is 0 Å². The van der Waals surface area contributed by atoms with Crippen molar-refractivity contribution < 1.29 is 4.39 Å². The first kappa shape index (κ1) is 15.9. The highest BCUT2D eigenvalue weighted by Crippen LogP contribution is 2.08. The van der Waals surface area contributed by atoms with Crippen molar-refractivity contribution in [3.05, 3.63) is 71.0 Å². The molecule has 0 aliphatic heterocycles. The van der Waals surface area contributed by atoms with E-state index in [4.69, 9.17) is 0 Å². The van der Waals surface area contributed by atoms with E-state index in [0.29, 0.717) is 0 Å². The van der Waals surface area contributed by atoms with Crippen LogP contribution in [0.15, 0.2) is 48.5 Å². The molecule has 1 heteroatoms. The molecule has 22 heavy (non-hydrogen) atoms. The first-order valence-electron chi connectivity index (χ1n) is 7.64. The lowest BCUT2D eigenvalue weighted by molar-refractivity contribution is 0.627. The van der Waals surface area contributed by atoms with E-state index in [9.17, 15) is 4.39 Å². The minimum atomic E-state index is -0.254. The molecule has 0 aromatic heterocycles. The van der Waals surface area contributed by atoms with Crippen LogP contribution in [0.3, 0.4) is 0 Å². The molecule has 0 saturated heterocycles. The standard InChI is InChI=1S/C21H19F/c1-2-3-4-7-18-10-12-19(13-11-18)8-5-6-9-20-14-16-21(22)17-15-20/h10-17H,2-4,7H2,1H3. The lowest BCUT2D eigenvalue weighted by Crippen LogP contribution is -1.85. The molecule has 0 aliphatic carbocycles. The van der Waals surface area contributed by atoms with E-state index in [-0.39, 0.29) is 5.82 Å². The lowest BCUT2D eigenvalue weighted by atomic mass is 10.1. The van der Waals surface area contributed by atoms with E-state index in [0.717, 1.165) is 17.5 Å². The van der Waals surface area contributed by atoms with E-state index in [1.54, 1.807) is 12.1 Å². The Hall–Kier alpha value is -2.51. The number of aryl methyl sites for hydroxylation is 1. The topological polar surface area (TPSA) is 0 Å². The SMILES string of the molecule is CCCCCc1ccc(C#CC#Cc2ccc(F)cc2)cc1. The zero-order chi connectivity index (χ0) is 15.6. The second kappa shape index (κ2) is 8.71. The van der Waals surface area contributed by atoms with Crippen molar-refractivity contribution in [3.63, 3.8) is 0 Å². The Morgan fingerprint density at radius 1 is 0.773 bits per heavy atom. The van der Waals surface area contributed by atoms with E-state index in [1.165, 1.54) is 37.0 Å². The summed E-state index contributed by atoms with van der Waals surface area (Å²) in [5, 5.41) is 0. The monoisotopic (exact) mass is 290 g/mol. The van der Waals surface area contributed by atoms with Crippen molar-refractivity contribution in [2.75, 3.05) is 0 Å². The summed E-state index contributed by atoms with van der Waals surface area (Å²) < 4.78 is 12.8. The highest BCUT2D eigenvalue weighted by molar-refractivity contribution is 5.44. The van der Waals surface area contributed by atoms with Crippen molar-refractivity contribution in [1.82, 2.24) is 0 Å². The summed E-state index contributed by atoms with van der Waals surface area (Å²) in [7, 11) is 0. The molecule has 0 bridgehead atoms. The smallest absolute Gasteiger partial charge is 0.123 e. The van der Waals surface area contributed by atoms with E-state index in [1.807, 2.05) is 12.1 Å². The van der Waals surface area contributed by atoms with Crippen LogP contribution < -0.4 is 0 Å². The third kappa shape index (κ3) is 5.47. The Bertz CT molecular complexity index is 701. The van der Waals surface area contributed by atoms with Gasteiger partial charge >= 0.3 is 0 Å². The van der Waals surface area contributed by atoms with Crippen LogP contribution in [0.4, 0.5) is 4.39 Å². The number of hydrogen-bond acceptors (Lipinski definition) is 0. The first-order chi connectivity index (χ1) is 10.8. The Labute approximate surface area is 132 Å². The maximum absolute atomic E-state index is 12.8. The van der Waals surface area contributed by atoms with E-state index >= 15 is 0 Å². The maximum atomic E-state index is 12.8. The van der Waals surface area contributed by atoms with Crippen LogP contribution in [0.1, 0.15) is 42.9 Å². The minimum Gasteiger partial charge on any atom is -0.207 e. The van der Waals surface area contributed by atoms with Gasteiger partial charge in [0.05, 0.1) is 0 Å². The van der Waals surface area contributed by atoms with Gasteiger partial charge in [-0.2, -0.15) is 0 Å². The van der Waals surface area contributed by atoms with Gasteiger partial charge in [0.1, 0.15) is 5.82 Å².